The summed E-state index contributed by atoms with van der Waals surface area (Å²) in [5.41, 5.74) is 7.66. The molecule has 3 aromatic rings. The molecule has 0 saturated carbocycles. The van der Waals surface area contributed by atoms with Crippen molar-refractivity contribution in [1.29, 1.82) is 10.8 Å². The molecule has 46 heavy (non-hydrogen) atoms. The summed E-state index contributed by atoms with van der Waals surface area (Å²) in [6.07, 6.45) is 4.94. The second kappa shape index (κ2) is 16.1. The van der Waals surface area contributed by atoms with Gasteiger partial charge in [-0.05, 0) is 73.9 Å². The summed E-state index contributed by atoms with van der Waals surface area (Å²) in [5.74, 6) is 1.20. The van der Waals surface area contributed by atoms with Crippen molar-refractivity contribution in [3.63, 3.8) is 0 Å². The Morgan fingerprint density at radius 3 is 2.37 bits per heavy atom. The van der Waals surface area contributed by atoms with Crippen LogP contribution in [0.25, 0.3) is 6.08 Å². The molecule has 0 bridgehead atoms. The maximum Gasteiger partial charge on any atom is 0.330 e. The molecule has 0 radical (unpaired) electrons. The average Bonchev–Trinajstić information content (AvgIpc) is 3.04. The Kier molecular flexibility index (Phi) is 11.9. The van der Waals surface area contributed by atoms with Crippen LogP contribution in [0.1, 0.15) is 43.4 Å². The van der Waals surface area contributed by atoms with Gasteiger partial charge in [0.2, 0.25) is 10.0 Å². The monoisotopic (exact) mass is 647 g/mol. The smallest absolute Gasteiger partial charge is 0.330 e. The molecular weight excluding hydrogens is 606 g/mol. The average molecular weight is 648 g/mol. The van der Waals surface area contributed by atoms with E-state index in [1.807, 2.05) is 29.2 Å². The fourth-order valence-electron chi connectivity index (χ4n) is 4.98. The summed E-state index contributed by atoms with van der Waals surface area (Å²) in [6, 6.07) is 19.9. The van der Waals surface area contributed by atoms with E-state index in [-0.39, 0.29) is 30.0 Å². The predicted octanol–water partition coefficient (Wildman–Crippen LogP) is 4.36. The van der Waals surface area contributed by atoms with Gasteiger partial charge in [0, 0.05) is 37.6 Å². The van der Waals surface area contributed by atoms with Crippen LogP contribution in [0.4, 0.5) is 0 Å². The summed E-state index contributed by atoms with van der Waals surface area (Å²) >= 11 is 0. The number of nitrogens with two attached hydrogens (primary N) is 1. The van der Waals surface area contributed by atoms with E-state index in [0.717, 1.165) is 37.2 Å². The van der Waals surface area contributed by atoms with E-state index in [9.17, 15) is 13.2 Å². The van der Waals surface area contributed by atoms with Gasteiger partial charge < -0.3 is 24.8 Å². The number of nitrogen functional groups attached to an aromatic ring is 1. The molecule has 1 saturated heterocycles. The lowest BCUT2D eigenvalue weighted by atomic mass is 10.1. The van der Waals surface area contributed by atoms with Gasteiger partial charge in [-0.3, -0.25) is 10.8 Å². The molecule has 1 fully saturated rings. The standard InChI is InChI=1S/C34H41N5O6S/c1-3-43-33(40)16-11-25-9-14-32(15-10-25)46(41,42)38-28(23-44-31-6-4-5-27(22-31)34(36)37)21-26-7-12-29(13-8-26)45-30-17-19-39(20-18-30)24(2)35/h4-16,22,28,30,35,38H,3,17-21,23H2,1-2H3,(H3,36,37)/t28-/m0/s1. The Bertz CT molecular complexity index is 1630. The van der Waals surface area contributed by atoms with Crippen molar-refractivity contribution in [2.75, 3.05) is 26.3 Å². The van der Waals surface area contributed by atoms with Crippen LogP contribution in [0.15, 0.2) is 83.8 Å². The molecule has 0 spiro atoms. The fourth-order valence-corrected chi connectivity index (χ4v) is 6.20. The summed E-state index contributed by atoms with van der Waals surface area (Å²) in [7, 11) is -3.94. The minimum absolute atomic E-state index is 0.0181. The third-order valence-corrected chi connectivity index (χ3v) is 8.97. The van der Waals surface area contributed by atoms with E-state index < -0.39 is 22.0 Å². The highest BCUT2D eigenvalue weighted by atomic mass is 32.2. The molecule has 0 aliphatic carbocycles. The van der Waals surface area contributed by atoms with E-state index in [2.05, 4.69) is 4.72 Å². The van der Waals surface area contributed by atoms with Crippen LogP contribution in [0.2, 0.25) is 0 Å². The number of rotatable bonds is 14. The van der Waals surface area contributed by atoms with Gasteiger partial charge in [-0.15, -0.1) is 0 Å². The van der Waals surface area contributed by atoms with Gasteiger partial charge >= 0.3 is 5.97 Å². The summed E-state index contributed by atoms with van der Waals surface area (Å²) in [6.45, 7) is 5.39. The SMILES string of the molecule is CCOC(=O)C=Cc1ccc(S(=O)(=O)N[C@H](COc2cccc(C(=N)N)c2)Cc2ccc(OC3CCN(C(C)=N)CC3)cc2)cc1. The number of hydrogen-bond donors (Lipinski definition) is 4. The van der Waals surface area contributed by atoms with Crippen LogP contribution in [0.3, 0.4) is 0 Å². The van der Waals surface area contributed by atoms with E-state index in [0.29, 0.717) is 29.1 Å². The largest absolute Gasteiger partial charge is 0.492 e. The minimum atomic E-state index is -3.94. The number of carbonyl (C=O) groups excluding carboxylic acids is 1. The van der Waals surface area contributed by atoms with E-state index in [1.165, 1.54) is 18.2 Å². The molecule has 4 rings (SSSR count). The molecule has 1 atom stereocenters. The van der Waals surface area contributed by atoms with Crippen molar-refractivity contribution in [3.8, 4) is 11.5 Å². The van der Waals surface area contributed by atoms with Gasteiger partial charge in [-0.25, -0.2) is 17.9 Å². The van der Waals surface area contributed by atoms with Crippen molar-refractivity contribution in [2.24, 2.45) is 5.73 Å². The lowest BCUT2D eigenvalue weighted by Crippen LogP contribution is -2.40. The molecule has 1 heterocycles. The van der Waals surface area contributed by atoms with E-state index in [4.69, 9.17) is 30.8 Å². The second-order valence-corrected chi connectivity index (χ2v) is 12.7. The van der Waals surface area contributed by atoms with Crippen LogP contribution < -0.4 is 19.9 Å². The molecular formula is C34H41N5O6S. The Morgan fingerprint density at radius 2 is 1.74 bits per heavy atom. The topological polar surface area (TPSA) is 168 Å². The normalized spacial score (nSPS) is 14.5. The van der Waals surface area contributed by atoms with Gasteiger partial charge in [0.1, 0.15) is 30.0 Å². The van der Waals surface area contributed by atoms with Gasteiger partial charge in [-0.1, -0.05) is 36.4 Å². The van der Waals surface area contributed by atoms with Crippen LogP contribution in [-0.2, 0) is 26.0 Å². The number of hydrogen-bond acceptors (Lipinski definition) is 8. The number of nitrogens with zero attached hydrogens (tertiary/aromatic N) is 1. The Balaban J connectivity index is 1.45. The van der Waals surface area contributed by atoms with Crippen LogP contribution >= 0.6 is 0 Å². The molecule has 12 heteroatoms. The highest BCUT2D eigenvalue weighted by Gasteiger charge is 2.23. The molecule has 5 N–H and O–H groups in total. The molecule has 1 aliphatic rings. The molecule has 11 nitrogen and oxygen atoms in total. The van der Waals surface area contributed by atoms with Gasteiger partial charge in [0.25, 0.3) is 0 Å². The Hall–Kier alpha value is -4.68. The third kappa shape index (κ3) is 10.2. The van der Waals surface area contributed by atoms with Crippen molar-refractivity contribution >= 4 is 33.7 Å². The highest BCUT2D eigenvalue weighted by Crippen LogP contribution is 2.22. The van der Waals surface area contributed by atoms with Gasteiger partial charge in [0.05, 0.1) is 23.4 Å². The third-order valence-electron chi connectivity index (χ3n) is 7.43. The summed E-state index contributed by atoms with van der Waals surface area (Å²) in [5, 5.41) is 15.5. The molecule has 1 aliphatic heterocycles. The first-order chi connectivity index (χ1) is 22.0. The van der Waals surface area contributed by atoms with Gasteiger partial charge in [-0.2, -0.15) is 0 Å². The first kappa shape index (κ1) is 34.2. The van der Waals surface area contributed by atoms with Crippen molar-refractivity contribution in [2.45, 2.75) is 50.2 Å². The van der Waals surface area contributed by atoms with Crippen molar-refractivity contribution in [1.82, 2.24) is 9.62 Å². The number of sulfonamides is 1. The summed E-state index contributed by atoms with van der Waals surface area (Å²) < 4.78 is 46.7. The molecule has 0 aromatic heterocycles. The zero-order chi connectivity index (χ0) is 33.1. The van der Waals surface area contributed by atoms with Crippen LogP contribution in [0.5, 0.6) is 11.5 Å². The van der Waals surface area contributed by atoms with E-state index >= 15 is 0 Å². The Labute approximate surface area is 270 Å². The maximum absolute atomic E-state index is 13.5. The first-order valence-corrected chi connectivity index (χ1v) is 16.6. The highest BCUT2D eigenvalue weighted by molar-refractivity contribution is 7.89. The Morgan fingerprint density at radius 1 is 1.04 bits per heavy atom. The van der Waals surface area contributed by atoms with Gasteiger partial charge in [0.15, 0.2) is 0 Å². The lowest BCUT2D eigenvalue weighted by Gasteiger charge is -2.32. The van der Waals surface area contributed by atoms with Crippen molar-refractivity contribution in [3.05, 3.63) is 95.6 Å². The van der Waals surface area contributed by atoms with Crippen molar-refractivity contribution < 1.29 is 27.4 Å². The number of ether oxygens (including phenoxy) is 3. The number of likely N-dealkylation sites (tertiary alicyclic amines) is 1. The molecule has 244 valence electrons. The zero-order valence-electron chi connectivity index (χ0n) is 26.1. The molecule has 0 unspecified atom stereocenters. The quantitative estimate of drug-likeness (QED) is 0.0867. The number of nitrogens with one attached hydrogen (secondary N) is 3. The summed E-state index contributed by atoms with van der Waals surface area (Å²) in [4.78, 5) is 13.7. The van der Waals surface area contributed by atoms with E-state index in [1.54, 1.807) is 56.3 Å². The second-order valence-electron chi connectivity index (χ2n) is 11.0. The molecule has 0 amide bonds. The number of esters is 1. The minimum Gasteiger partial charge on any atom is -0.492 e. The lowest BCUT2D eigenvalue weighted by molar-refractivity contribution is -0.137. The number of piperidine rings is 1. The zero-order valence-corrected chi connectivity index (χ0v) is 26.9. The molecule has 3 aromatic carbocycles. The van der Waals surface area contributed by atoms with Crippen LogP contribution in [-0.4, -0.2) is 69.4 Å². The number of benzene rings is 3. The predicted molar refractivity (Wildman–Crippen MR) is 178 cm³/mol. The number of amidine groups is 2. The first-order valence-electron chi connectivity index (χ1n) is 15.1. The number of carbonyl (C=O) groups is 1. The maximum atomic E-state index is 13.5. The van der Waals surface area contributed by atoms with Crippen LogP contribution in [0, 0.1) is 10.8 Å². The fraction of sp³-hybridized carbons (Fsp3) is 0.324.